The molecule has 1 N–H and O–H groups in total. The van der Waals surface area contributed by atoms with Gasteiger partial charge in [0.25, 0.3) is 0 Å². The monoisotopic (exact) mass is 274 g/mol. The summed E-state index contributed by atoms with van der Waals surface area (Å²) in [6, 6.07) is 13.9. The third-order valence-corrected chi connectivity index (χ3v) is 4.18. The lowest BCUT2D eigenvalue weighted by Crippen LogP contribution is -2.07. The summed E-state index contributed by atoms with van der Waals surface area (Å²) < 4.78 is 1.26. The number of carbonyl (C=O) groups excluding carboxylic acids is 1. The van der Waals surface area contributed by atoms with E-state index >= 15 is 0 Å². The van der Waals surface area contributed by atoms with E-state index in [4.69, 9.17) is 0 Å². The molecule has 0 spiro atoms. The normalized spacial score (nSPS) is 12.1. The number of amides is 1. The van der Waals surface area contributed by atoms with Crippen LogP contribution in [0.3, 0.4) is 0 Å². The highest BCUT2D eigenvalue weighted by Gasteiger charge is 2.16. The molecule has 0 fully saturated rings. The fourth-order valence-electron chi connectivity index (χ4n) is 1.83. The van der Waals surface area contributed by atoms with Crippen molar-refractivity contribution in [2.75, 3.05) is 9.62 Å². The van der Waals surface area contributed by atoms with E-state index in [0.717, 1.165) is 22.0 Å². The Bertz CT molecular complexity index is 616. The van der Waals surface area contributed by atoms with Crippen molar-refractivity contribution in [3.05, 3.63) is 42.5 Å². The molecule has 2 aromatic carbocycles. The molecule has 1 amide bonds. The molecule has 0 saturated carbocycles. The maximum Gasteiger partial charge on any atom is 0.224 e. The number of thiol groups is 1. The Balaban J connectivity index is 2.01. The lowest BCUT2D eigenvalue weighted by Gasteiger charge is -2.22. The zero-order valence-electron chi connectivity index (χ0n) is 9.33. The number of carbonyl (C=O) groups is 1. The third kappa shape index (κ3) is 1.95. The minimum Gasteiger partial charge on any atom is -0.354 e. The van der Waals surface area contributed by atoms with Crippen LogP contribution in [0.5, 0.6) is 0 Å². The van der Waals surface area contributed by atoms with Gasteiger partial charge in [-0.25, -0.2) is 0 Å². The Kier molecular flexibility index (Phi) is 2.93. The van der Waals surface area contributed by atoms with Crippen molar-refractivity contribution in [1.29, 1.82) is 0 Å². The van der Waals surface area contributed by atoms with Crippen LogP contribution in [-0.4, -0.2) is 6.41 Å². The molecule has 0 aromatic heterocycles. The van der Waals surface area contributed by atoms with E-state index in [1.165, 1.54) is 9.20 Å². The van der Waals surface area contributed by atoms with Crippen LogP contribution in [0.1, 0.15) is 0 Å². The average molecular weight is 274 g/mol. The number of rotatable bonds is 2. The minimum absolute atomic E-state index is 0.675. The van der Waals surface area contributed by atoms with Crippen molar-refractivity contribution in [2.24, 2.45) is 0 Å². The molecule has 3 rings (SSSR count). The second-order valence-electron chi connectivity index (χ2n) is 3.85. The summed E-state index contributed by atoms with van der Waals surface area (Å²) in [6.45, 7) is 0. The summed E-state index contributed by atoms with van der Waals surface area (Å²) in [5, 5.41) is 3.36. The molecule has 90 valence electrons. The van der Waals surface area contributed by atoms with E-state index in [9.17, 15) is 4.79 Å². The van der Waals surface area contributed by atoms with Crippen molar-refractivity contribution in [2.45, 2.75) is 9.79 Å². The molecule has 0 radical (unpaired) electrons. The number of hydrogen-bond acceptors (Lipinski definition) is 4. The first kappa shape index (κ1) is 11.5. The lowest BCUT2D eigenvalue weighted by molar-refractivity contribution is -0.106. The molecule has 18 heavy (non-hydrogen) atoms. The van der Waals surface area contributed by atoms with Crippen LogP contribution in [-0.2, 0) is 4.79 Å². The van der Waals surface area contributed by atoms with Crippen LogP contribution < -0.4 is 9.62 Å². The molecule has 2 aromatic rings. The quantitative estimate of drug-likeness (QED) is 0.552. The van der Waals surface area contributed by atoms with Gasteiger partial charge in [-0.1, -0.05) is 36.7 Å². The fraction of sp³-hybridized carbons (Fsp3) is 0. The Labute approximate surface area is 115 Å². The van der Waals surface area contributed by atoms with E-state index in [1.54, 1.807) is 11.8 Å². The third-order valence-electron chi connectivity index (χ3n) is 2.70. The molecule has 3 nitrogen and oxygen atoms in total. The number of nitrogens with one attached hydrogen (secondary N) is 1. The van der Waals surface area contributed by atoms with E-state index in [0.29, 0.717) is 6.41 Å². The number of fused-ring (bicyclic) bond motifs is 2. The van der Waals surface area contributed by atoms with Gasteiger partial charge >= 0.3 is 0 Å². The highest BCUT2D eigenvalue weighted by atomic mass is 32.2. The Hall–Kier alpha value is -1.59. The second-order valence-corrected chi connectivity index (χ2v) is 5.37. The summed E-state index contributed by atoms with van der Waals surface area (Å²) in [5.41, 5.74) is 2.83. The molecule has 1 aliphatic rings. The zero-order chi connectivity index (χ0) is 12.5. The lowest BCUT2D eigenvalue weighted by atomic mass is 10.2. The molecule has 0 unspecified atom stereocenters. The van der Waals surface area contributed by atoms with E-state index in [1.807, 2.05) is 36.4 Å². The van der Waals surface area contributed by atoms with Gasteiger partial charge in [0.05, 0.1) is 17.1 Å². The standard InChI is InChI=1S/C13H10N2OS2/c16-8-15(17)9-5-6-13-11(7-9)14-10-3-1-2-4-12(10)18-13/h1-8,14,17H. The molecular weight excluding hydrogens is 264 g/mol. The average Bonchev–Trinajstić information content (AvgIpc) is 2.43. The van der Waals surface area contributed by atoms with E-state index in [-0.39, 0.29) is 0 Å². The number of benzene rings is 2. The Morgan fingerprint density at radius 2 is 1.89 bits per heavy atom. The van der Waals surface area contributed by atoms with Crippen molar-refractivity contribution in [3.8, 4) is 0 Å². The Morgan fingerprint density at radius 3 is 2.72 bits per heavy atom. The number of nitrogens with zero attached hydrogens (tertiary/aromatic N) is 1. The van der Waals surface area contributed by atoms with E-state index in [2.05, 4.69) is 24.2 Å². The van der Waals surface area contributed by atoms with Crippen LogP contribution in [0.4, 0.5) is 17.1 Å². The molecule has 0 aliphatic carbocycles. The first-order valence-corrected chi connectivity index (χ1v) is 6.61. The molecule has 5 heteroatoms. The van der Waals surface area contributed by atoms with Crippen LogP contribution >= 0.6 is 24.6 Å². The van der Waals surface area contributed by atoms with Crippen molar-refractivity contribution in [3.63, 3.8) is 0 Å². The highest BCUT2D eigenvalue weighted by Crippen LogP contribution is 2.45. The summed E-state index contributed by atoms with van der Waals surface area (Å²) in [7, 11) is 0. The number of para-hydroxylation sites is 1. The summed E-state index contributed by atoms with van der Waals surface area (Å²) in [5.74, 6) is 0. The van der Waals surface area contributed by atoms with Gasteiger partial charge in [0, 0.05) is 9.79 Å². The SMILES string of the molecule is O=CN(S)c1ccc2c(c1)Nc1ccccc1S2. The molecule has 0 atom stereocenters. The first-order valence-electron chi connectivity index (χ1n) is 5.39. The van der Waals surface area contributed by atoms with Crippen molar-refractivity contribution >= 4 is 48.0 Å². The summed E-state index contributed by atoms with van der Waals surface area (Å²) >= 11 is 5.79. The predicted molar refractivity (Wildman–Crippen MR) is 77.8 cm³/mol. The van der Waals surface area contributed by atoms with Crippen LogP contribution in [0.2, 0.25) is 0 Å². The summed E-state index contributed by atoms with van der Waals surface area (Å²) in [4.78, 5) is 13.0. The van der Waals surface area contributed by atoms with Crippen molar-refractivity contribution in [1.82, 2.24) is 0 Å². The van der Waals surface area contributed by atoms with Gasteiger partial charge in [-0.2, -0.15) is 0 Å². The topological polar surface area (TPSA) is 32.3 Å². The molecule has 0 saturated heterocycles. The molecule has 1 aliphatic heterocycles. The fourth-order valence-corrected chi connectivity index (χ4v) is 2.92. The zero-order valence-corrected chi connectivity index (χ0v) is 11.0. The van der Waals surface area contributed by atoms with Gasteiger partial charge in [0.1, 0.15) is 0 Å². The van der Waals surface area contributed by atoms with Crippen molar-refractivity contribution < 1.29 is 4.79 Å². The minimum atomic E-state index is 0.675. The van der Waals surface area contributed by atoms with Crippen LogP contribution in [0, 0.1) is 0 Å². The second kappa shape index (κ2) is 4.59. The van der Waals surface area contributed by atoms with Gasteiger partial charge in [0.15, 0.2) is 0 Å². The maximum absolute atomic E-state index is 10.7. The van der Waals surface area contributed by atoms with Gasteiger partial charge < -0.3 is 5.32 Å². The van der Waals surface area contributed by atoms with Gasteiger partial charge in [-0.15, -0.1) is 0 Å². The first-order chi connectivity index (χ1) is 8.78. The maximum atomic E-state index is 10.7. The highest BCUT2D eigenvalue weighted by molar-refractivity contribution is 7.99. The number of anilines is 3. The summed E-state index contributed by atoms with van der Waals surface area (Å²) in [6.07, 6.45) is 0.675. The van der Waals surface area contributed by atoms with E-state index < -0.39 is 0 Å². The molecule has 1 heterocycles. The smallest absolute Gasteiger partial charge is 0.224 e. The predicted octanol–water partition coefficient (Wildman–Crippen LogP) is 3.70. The van der Waals surface area contributed by atoms with Gasteiger partial charge in [-0.3, -0.25) is 9.10 Å². The molecular formula is C13H10N2OS2. The van der Waals surface area contributed by atoms with Crippen LogP contribution in [0.25, 0.3) is 0 Å². The van der Waals surface area contributed by atoms with Gasteiger partial charge in [-0.05, 0) is 30.3 Å². The largest absolute Gasteiger partial charge is 0.354 e. The van der Waals surface area contributed by atoms with Gasteiger partial charge in [0.2, 0.25) is 6.41 Å². The molecule has 0 bridgehead atoms. The number of hydrogen-bond donors (Lipinski definition) is 2. The van der Waals surface area contributed by atoms with Crippen LogP contribution in [0.15, 0.2) is 52.3 Å². The Morgan fingerprint density at radius 1 is 1.11 bits per heavy atom.